The van der Waals surface area contributed by atoms with Gasteiger partial charge in [-0.3, -0.25) is 0 Å². The fourth-order valence-electron chi connectivity index (χ4n) is 9.96. The Balaban J connectivity index is 0.000000236. The molecule has 398 valence electrons. The topological polar surface area (TPSA) is 192 Å². The monoisotopic (exact) mass is 1050 g/mol. The van der Waals surface area contributed by atoms with Crippen LogP contribution in [0.1, 0.15) is 62.4 Å². The highest BCUT2D eigenvalue weighted by molar-refractivity contribution is 5.55. The summed E-state index contributed by atoms with van der Waals surface area (Å²) in [6.07, 6.45) is 9.55. The van der Waals surface area contributed by atoms with Gasteiger partial charge < -0.3 is 29.5 Å². The number of benzene rings is 4. The quantitative estimate of drug-likeness (QED) is 0.0911. The molecule has 4 aromatic carbocycles. The molecule has 0 saturated carbocycles. The van der Waals surface area contributed by atoms with Crippen LogP contribution in [0.15, 0.2) is 134 Å². The first-order valence-electron chi connectivity index (χ1n) is 24.7. The van der Waals surface area contributed by atoms with Gasteiger partial charge >= 0.3 is 5.69 Å². The summed E-state index contributed by atoms with van der Waals surface area (Å²) in [5.74, 6) is -4.03. The number of nitrogens with zero attached hydrogens (tertiary/aromatic N) is 13. The van der Waals surface area contributed by atoms with E-state index in [1.165, 1.54) is 58.3 Å². The van der Waals surface area contributed by atoms with Crippen molar-refractivity contribution in [3.05, 3.63) is 185 Å². The van der Waals surface area contributed by atoms with E-state index in [2.05, 4.69) is 57.2 Å². The van der Waals surface area contributed by atoms with Crippen LogP contribution in [0.2, 0.25) is 0 Å². The first-order chi connectivity index (χ1) is 36.6. The number of rotatable bonds is 17. The molecule has 2 N–H and O–H groups in total. The van der Waals surface area contributed by atoms with Crippen LogP contribution < -0.4 is 20.2 Å². The molecule has 2 aliphatic rings. The van der Waals surface area contributed by atoms with Gasteiger partial charge in [-0.25, -0.2) is 65.3 Å². The lowest BCUT2D eigenvalue weighted by molar-refractivity contribution is -0.0206. The molecule has 0 aliphatic carbocycles. The summed E-state index contributed by atoms with van der Waals surface area (Å²) in [6.45, 7) is 9.22. The molecule has 0 bridgehead atoms. The highest BCUT2D eigenvalue weighted by Crippen LogP contribution is 2.43. The van der Waals surface area contributed by atoms with Crippen molar-refractivity contribution < 1.29 is 41.6 Å². The molecular weight excluding hydrogens is 994 g/mol. The van der Waals surface area contributed by atoms with E-state index in [1.54, 1.807) is 17.9 Å². The number of aliphatic hydroxyl groups excluding tert-OH is 1. The van der Waals surface area contributed by atoms with Crippen molar-refractivity contribution in [3.63, 3.8) is 0 Å². The average Bonchev–Trinajstić information content (AvgIpc) is 4.28. The third-order valence-electron chi connectivity index (χ3n) is 14.1. The summed E-state index contributed by atoms with van der Waals surface area (Å²) < 4.78 is 88.6. The molecule has 0 radical (unpaired) electrons. The van der Waals surface area contributed by atoms with Crippen LogP contribution in [-0.4, -0.2) is 110 Å². The van der Waals surface area contributed by atoms with Crippen LogP contribution in [-0.2, 0) is 29.0 Å². The average molecular weight is 1050 g/mol. The van der Waals surface area contributed by atoms with E-state index in [-0.39, 0.29) is 42.0 Å². The molecule has 76 heavy (non-hydrogen) atoms. The minimum absolute atomic E-state index is 0.0121. The molecule has 2 saturated heterocycles. The van der Waals surface area contributed by atoms with Crippen LogP contribution in [0.25, 0.3) is 5.69 Å². The molecule has 0 amide bonds. The van der Waals surface area contributed by atoms with Crippen molar-refractivity contribution in [2.75, 3.05) is 49.2 Å². The van der Waals surface area contributed by atoms with Crippen molar-refractivity contribution >= 4 is 11.4 Å². The minimum Gasteiger partial charge on any atom is -0.493 e. The Morgan fingerprint density at radius 1 is 0.750 bits per heavy atom. The molecule has 10 rings (SSSR count). The minimum atomic E-state index is -1.96. The van der Waals surface area contributed by atoms with Crippen LogP contribution in [0.3, 0.4) is 0 Å². The van der Waals surface area contributed by atoms with E-state index in [0.717, 1.165) is 79.7 Å². The Kier molecular flexibility index (Phi) is 16.0. The first-order valence-corrected chi connectivity index (χ1v) is 24.7. The summed E-state index contributed by atoms with van der Waals surface area (Å²) in [7, 11) is 0. The predicted molar refractivity (Wildman–Crippen MR) is 268 cm³/mol. The molecule has 2 aliphatic heterocycles. The van der Waals surface area contributed by atoms with Gasteiger partial charge in [-0.1, -0.05) is 26.0 Å². The maximum atomic E-state index is 15.0. The SMILES string of the molecule is CC[C@@H]([C@H](C)O)n1ncn(-c2ccc(N3CCN(c4ccc(OC[C@@H]5CO[C@@](Cn6cncn6)(c6ccc(F)cc6F)C5)cc4)CC3)cc2)c1=O.C[C@@H](c1ncncc1F)[C@](O)(Cn1cncn1)c1ccc(F)cc1F. The van der Waals surface area contributed by atoms with E-state index in [9.17, 15) is 37.0 Å². The van der Waals surface area contributed by atoms with E-state index >= 15 is 0 Å². The molecule has 18 nitrogen and oxygen atoms in total. The third-order valence-corrected chi connectivity index (χ3v) is 14.1. The zero-order chi connectivity index (χ0) is 53.6. The van der Waals surface area contributed by atoms with Gasteiger partial charge in [0, 0.05) is 72.6 Å². The van der Waals surface area contributed by atoms with Crippen molar-refractivity contribution in [3.8, 4) is 11.4 Å². The lowest BCUT2D eigenvalue weighted by Gasteiger charge is -2.37. The van der Waals surface area contributed by atoms with Crippen molar-refractivity contribution in [2.45, 2.75) is 76.0 Å². The predicted octanol–water partition coefficient (Wildman–Crippen LogP) is 6.75. The number of aliphatic hydroxyl groups is 2. The largest absolute Gasteiger partial charge is 0.493 e. The number of anilines is 2. The van der Waals surface area contributed by atoms with Gasteiger partial charge in [0.25, 0.3) is 0 Å². The van der Waals surface area contributed by atoms with Gasteiger partial charge in [-0.15, -0.1) is 0 Å². The lowest BCUT2D eigenvalue weighted by Crippen LogP contribution is -2.46. The van der Waals surface area contributed by atoms with Crippen LogP contribution >= 0.6 is 0 Å². The number of hydrogen-bond acceptors (Lipinski definition) is 14. The van der Waals surface area contributed by atoms with Gasteiger partial charge in [-0.2, -0.15) is 15.3 Å². The lowest BCUT2D eigenvalue weighted by atomic mass is 9.79. The highest BCUT2D eigenvalue weighted by atomic mass is 19.1. The normalized spacial score (nSPS) is 18.6. The van der Waals surface area contributed by atoms with Crippen molar-refractivity contribution in [1.29, 1.82) is 0 Å². The van der Waals surface area contributed by atoms with Crippen LogP contribution in [0.5, 0.6) is 5.75 Å². The fourth-order valence-corrected chi connectivity index (χ4v) is 9.96. The fraction of sp³-hybridized carbons (Fsp3) is 0.358. The molecule has 8 aromatic rings. The number of piperazine rings is 1. The first kappa shape index (κ1) is 53.0. The molecule has 0 spiro atoms. The molecule has 4 aromatic heterocycles. The van der Waals surface area contributed by atoms with Gasteiger partial charge in [-0.05, 0) is 80.4 Å². The van der Waals surface area contributed by atoms with E-state index in [0.29, 0.717) is 37.7 Å². The number of hydrogen-bond donors (Lipinski definition) is 2. The summed E-state index contributed by atoms with van der Waals surface area (Å²) in [5, 5.41) is 33.7. The van der Waals surface area contributed by atoms with Crippen LogP contribution in [0.4, 0.5) is 33.3 Å². The van der Waals surface area contributed by atoms with Gasteiger partial charge in [0.05, 0.1) is 56.0 Å². The summed E-state index contributed by atoms with van der Waals surface area (Å²) in [5.41, 5.74) is -0.326. The Bertz CT molecular complexity index is 3230. The zero-order valence-corrected chi connectivity index (χ0v) is 41.8. The second-order valence-electron chi connectivity index (χ2n) is 19.0. The Hall–Kier alpha value is -7.89. The number of halogens is 5. The molecule has 0 unspecified atom stereocenters. The molecule has 23 heteroatoms. The Morgan fingerprint density at radius 3 is 1.96 bits per heavy atom. The van der Waals surface area contributed by atoms with Gasteiger partial charge in [0.2, 0.25) is 0 Å². The maximum Gasteiger partial charge on any atom is 0.350 e. The standard InChI is InChI=1S/C37H42F2N8O4.C16H14F3N5O/c1-3-35(26(2)48)47-36(49)46(25-42-47)31-7-5-29(6-8-31)43-14-16-44(17-15-43)30-9-11-32(12-10-30)50-20-27-19-37(51-21-27,22-45-24-40-23-41-45)33-13-4-28(38)18-34(33)39;1-10(15-14(19)5-20-7-22-15)16(25,6-24-9-21-8-23-24)12-3-2-11(17)4-13(12)18/h4-13,18,23-27,35,48H,3,14-17,19-22H2,1-2H3;2-5,7-10,25H,6H2,1H3/t26-,27+,35-,37-;10-,16+/m00/s1. The highest BCUT2D eigenvalue weighted by Gasteiger charge is 2.45. The Morgan fingerprint density at radius 2 is 1.37 bits per heavy atom. The Labute approximate surface area is 433 Å². The molecule has 2 fully saturated rings. The smallest absolute Gasteiger partial charge is 0.350 e. The van der Waals surface area contributed by atoms with E-state index in [1.807, 2.05) is 43.3 Å². The van der Waals surface area contributed by atoms with E-state index in [4.69, 9.17) is 9.47 Å². The number of ether oxygens (including phenoxy) is 2. The van der Waals surface area contributed by atoms with Crippen molar-refractivity contribution in [2.24, 2.45) is 5.92 Å². The molecule has 6 heterocycles. The maximum absolute atomic E-state index is 15.0. The van der Waals surface area contributed by atoms with Crippen LogP contribution in [0, 0.1) is 35.0 Å². The third kappa shape index (κ3) is 11.5. The van der Waals surface area contributed by atoms with E-state index < -0.39 is 52.3 Å². The van der Waals surface area contributed by atoms with Crippen molar-refractivity contribution in [1.82, 2.24) is 53.8 Å². The second-order valence-corrected chi connectivity index (χ2v) is 19.0. The number of aromatic nitrogens is 11. The zero-order valence-electron chi connectivity index (χ0n) is 41.8. The van der Waals surface area contributed by atoms with Gasteiger partial charge in [0.15, 0.2) is 5.82 Å². The van der Waals surface area contributed by atoms with Gasteiger partial charge in [0.1, 0.15) is 78.2 Å². The summed E-state index contributed by atoms with van der Waals surface area (Å²) in [4.78, 5) is 32.9. The molecule has 6 atom stereocenters. The second kappa shape index (κ2) is 22.9. The summed E-state index contributed by atoms with van der Waals surface area (Å²) in [6, 6.07) is 22.0. The molecular formula is C53H56F5N13O5. The summed E-state index contributed by atoms with van der Waals surface area (Å²) >= 11 is 0.